The van der Waals surface area contributed by atoms with E-state index in [0.29, 0.717) is 11.6 Å². The molecule has 2 amide bonds. The Bertz CT molecular complexity index is 586. The molecule has 130 valence electrons. The summed E-state index contributed by atoms with van der Waals surface area (Å²) in [6, 6.07) is 3.79. The molecule has 0 aromatic carbocycles. The van der Waals surface area contributed by atoms with Crippen molar-refractivity contribution in [2.24, 2.45) is 5.92 Å². The van der Waals surface area contributed by atoms with Crippen LogP contribution in [0.4, 0.5) is 5.69 Å². The summed E-state index contributed by atoms with van der Waals surface area (Å²) in [5.74, 6) is 0.873. The first kappa shape index (κ1) is 16.7. The van der Waals surface area contributed by atoms with Crippen LogP contribution in [0.1, 0.15) is 37.2 Å². The topological polar surface area (TPSA) is 56.8 Å². The summed E-state index contributed by atoms with van der Waals surface area (Å²) in [6.45, 7) is 8.59. The Kier molecular flexibility index (Phi) is 5.02. The van der Waals surface area contributed by atoms with Crippen molar-refractivity contribution in [2.45, 2.75) is 26.7 Å². The van der Waals surface area contributed by atoms with Crippen LogP contribution in [0.25, 0.3) is 0 Å². The summed E-state index contributed by atoms with van der Waals surface area (Å²) in [5, 5.41) is 0. The highest BCUT2D eigenvalue weighted by Crippen LogP contribution is 2.19. The summed E-state index contributed by atoms with van der Waals surface area (Å²) >= 11 is 0. The second kappa shape index (κ2) is 7.20. The van der Waals surface area contributed by atoms with Crippen molar-refractivity contribution in [2.75, 3.05) is 44.2 Å². The molecule has 0 N–H and O–H groups in total. The lowest BCUT2D eigenvalue weighted by atomic mass is 9.99. The minimum atomic E-state index is 0.0369. The van der Waals surface area contributed by atoms with Crippen LogP contribution >= 0.6 is 0 Å². The highest BCUT2D eigenvalue weighted by molar-refractivity contribution is 5.92. The fraction of sp³-hybridized carbons (Fsp3) is 0.611. The van der Waals surface area contributed by atoms with Gasteiger partial charge in [0.2, 0.25) is 5.91 Å². The van der Waals surface area contributed by atoms with E-state index in [9.17, 15) is 9.59 Å². The van der Waals surface area contributed by atoms with Crippen LogP contribution in [0.15, 0.2) is 18.3 Å². The molecular weight excluding hydrogens is 304 g/mol. The minimum Gasteiger partial charge on any atom is -0.367 e. The first-order valence-electron chi connectivity index (χ1n) is 8.80. The molecule has 6 nitrogen and oxygen atoms in total. The van der Waals surface area contributed by atoms with Crippen molar-refractivity contribution in [3.05, 3.63) is 24.0 Å². The van der Waals surface area contributed by atoms with Crippen molar-refractivity contribution in [1.29, 1.82) is 0 Å². The molecule has 0 atom stereocenters. The highest BCUT2D eigenvalue weighted by atomic mass is 16.2. The van der Waals surface area contributed by atoms with Crippen molar-refractivity contribution in [3.63, 3.8) is 0 Å². The zero-order valence-corrected chi connectivity index (χ0v) is 14.6. The normalized spacial score (nSPS) is 19.5. The van der Waals surface area contributed by atoms with Gasteiger partial charge in [-0.05, 0) is 30.9 Å². The molecule has 2 fully saturated rings. The molecule has 2 aliphatic rings. The average molecular weight is 330 g/mol. The van der Waals surface area contributed by atoms with E-state index in [4.69, 9.17) is 0 Å². The molecule has 1 aromatic heterocycles. The molecule has 0 saturated carbocycles. The number of amides is 2. The van der Waals surface area contributed by atoms with Gasteiger partial charge >= 0.3 is 0 Å². The van der Waals surface area contributed by atoms with E-state index in [2.05, 4.69) is 16.8 Å². The molecule has 1 aromatic rings. The minimum absolute atomic E-state index is 0.0369. The number of hydrogen-bond acceptors (Lipinski definition) is 4. The third-order valence-electron chi connectivity index (χ3n) is 5.13. The zero-order valence-electron chi connectivity index (χ0n) is 14.6. The lowest BCUT2D eigenvalue weighted by Crippen LogP contribution is -2.48. The van der Waals surface area contributed by atoms with Gasteiger partial charge in [0.25, 0.3) is 5.91 Å². The second-order valence-corrected chi connectivity index (χ2v) is 6.87. The molecule has 0 unspecified atom stereocenters. The largest absolute Gasteiger partial charge is 0.367 e. The van der Waals surface area contributed by atoms with Gasteiger partial charge in [-0.2, -0.15) is 0 Å². The number of likely N-dealkylation sites (tertiary alicyclic amines) is 1. The molecule has 0 radical (unpaired) electrons. The van der Waals surface area contributed by atoms with Gasteiger partial charge in [-0.15, -0.1) is 0 Å². The van der Waals surface area contributed by atoms with Crippen LogP contribution in [-0.4, -0.2) is 65.9 Å². The monoisotopic (exact) mass is 330 g/mol. The lowest BCUT2D eigenvalue weighted by molar-refractivity contribution is -0.129. The smallest absolute Gasteiger partial charge is 0.272 e. The number of carbonyl (C=O) groups is 2. The fourth-order valence-electron chi connectivity index (χ4n) is 3.35. The standard InChI is InChI=1S/C18H26N4O2/c1-14-5-7-22(8-6-14)18(24)17-4-3-16(13-19-17)21-11-9-20(10-12-21)15(2)23/h3-4,13-14H,5-12H2,1-2H3. The van der Waals surface area contributed by atoms with Gasteiger partial charge in [0, 0.05) is 46.2 Å². The number of anilines is 1. The number of pyridine rings is 1. The van der Waals surface area contributed by atoms with E-state index in [-0.39, 0.29) is 11.8 Å². The van der Waals surface area contributed by atoms with Crippen LogP contribution in [0, 0.1) is 5.92 Å². The van der Waals surface area contributed by atoms with Crippen molar-refractivity contribution in [3.8, 4) is 0 Å². The average Bonchev–Trinajstić information content (AvgIpc) is 2.62. The number of piperidine rings is 1. The van der Waals surface area contributed by atoms with Gasteiger partial charge in [0.1, 0.15) is 5.69 Å². The maximum Gasteiger partial charge on any atom is 0.272 e. The molecule has 0 aliphatic carbocycles. The summed E-state index contributed by atoms with van der Waals surface area (Å²) in [5.41, 5.74) is 1.54. The van der Waals surface area contributed by atoms with E-state index in [1.54, 1.807) is 13.1 Å². The Hall–Kier alpha value is -2.11. The molecule has 6 heteroatoms. The van der Waals surface area contributed by atoms with Gasteiger partial charge in [-0.3, -0.25) is 9.59 Å². The number of piperazine rings is 1. The first-order valence-corrected chi connectivity index (χ1v) is 8.80. The third-order valence-corrected chi connectivity index (χ3v) is 5.13. The van der Waals surface area contributed by atoms with E-state index < -0.39 is 0 Å². The van der Waals surface area contributed by atoms with E-state index in [1.807, 2.05) is 21.9 Å². The van der Waals surface area contributed by atoms with Crippen LogP contribution in [-0.2, 0) is 4.79 Å². The van der Waals surface area contributed by atoms with E-state index in [0.717, 1.165) is 57.8 Å². The summed E-state index contributed by atoms with van der Waals surface area (Å²) in [4.78, 5) is 34.3. The maximum absolute atomic E-state index is 12.5. The highest BCUT2D eigenvalue weighted by Gasteiger charge is 2.23. The Balaban J connectivity index is 1.59. The van der Waals surface area contributed by atoms with Crippen LogP contribution in [0.5, 0.6) is 0 Å². The van der Waals surface area contributed by atoms with Crippen LogP contribution in [0.3, 0.4) is 0 Å². The number of aromatic nitrogens is 1. The van der Waals surface area contributed by atoms with Crippen molar-refractivity contribution >= 4 is 17.5 Å². The number of carbonyl (C=O) groups excluding carboxylic acids is 2. The summed E-state index contributed by atoms with van der Waals surface area (Å²) in [6.07, 6.45) is 3.93. The van der Waals surface area contributed by atoms with Crippen LogP contribution < -0.4 is 4.90 Å². The number of hydrogen-bond donors (Lipinski definition) is 0. The molecule has 2 aliphatic heterocycles. The summed E-state index contributed by atoms with van der Waals surface area (Å²) < 4.78 is 0. The fourth-order valence-corrected chi connectivity index (χ4v) is 3.35. The Morgan fingerprint density at radius 1 is 1.00 bits per heavy atom. The predicted octanol–water partition coefficient (Wildman–Crippen LogP) is 1.62. The molecular formula is C18H26N4O2. The molecule has 3 heterocycles. The predicted molar refractivity (Wildman–Crippen MR) is 93.0 cm³/mol. The maximum atomic E-state index is 12.5. The molecule has 24 heavy (non-hydrogen) atoms. The Morgan fingerprint density at radius 3 is 2.21 bits per heavy atom. The van der Waals surface area contributed by atoms with Gasteiger partial charge < -0.3 is 14.7 Å². The molecule has 3 rings (SSSR count). The second-order valence-electron chi connectivity index (χ2n) is 6.87. The van der Waals surface area contributed by atoms with Gasteiger partial charge in [0.05, 0.1) is 11.9 Å². The zero-order chi connectivity index (χ0) is 17.1. The third kappa shape index (κ3) is 3.68. The quantitative estimate of drug-likeness (QED) is 0.827. The first-order chi connectivity index (χ1) is 11.5. The SMILES string of the molecule is CC(=O)N1CCN(c2ccc(C(=O)N3CCC(C)CC3)nc2)CC1. The molecule has 0 spiro atoms. The van der Waals surface area contributed by atoms with Crippen molar-refractivity contribution in [1.82, 2.24) is 14.8 Å². The molecule has 0 bridgehead atoms. The lowest BCUT2D eigenvalue weighted by Gasteiger charge is -2.35. The van der Waals surface area contributed by atoms with Gasteiger partial charge in [0.15, 0.2) is 0 Å². The van der Waals surface area contributed by atoms with E-state index >= 15 is 0 Å². The van der Waals surface area contributed by atoms with Crippen LogP contribution in [0.2, 0.25) is 0 Å². The number of rotatable bonds is 2. The van der Waals surface area contributed by atoms with Crippen molar-refractivity contribution < 1.29 is 9.59 Å². The van der Waals surface area contributed by atoms with Gasteiger partial charge in [-0.1, -0.05) is 6.92 Å². The molecule has 2 saturated heterocycles. The Labute approximate surface area is 143 Å². The van der Waals surface area contributed by atoms with Gasteiger partial charge in [-0.25, -0.2) is 4.98 Å². The van der Waals surface area contributed by atoms with E-state index in [1.165, 1.54) is 0 Å². The summed E-state index contributed by atoms with van der Waals surface area (Å²) in [7, 11) is 0. The number of nitrogens with zero attached hydrogens (tertiary/aromatic N) is 4. The Morgan fingerprint density at radius 2 is 1.67 bits per heavy atom.